The molecule has 3 N–H and O–H groups in total. The van der Waals surface area contributed by atoms with Gasteiger partial charge < -0.3 is 15.7 Å². The van der Waals surface area contributed by atoms with Crippen LogP contribution in [0.2, 0.25) is 0 Å². The van der Waals surface area contributed by atoms with Gasteiger partial charge in [0.15, 0.2) is 0 Å². The molecule has 2 saturated carbocycles. The van der Waals surface area contributed by atoms with Gasteiger partial charge in [-0.3, -0.25) is 9.59 Å². The molecule has 0 spiro atoms. The van der Waals surface area contributed by atoms with Crippen LogP contribution in [-0.4, -0.2) is 29.1 Å². The summed E-state index contributed by atoms with van der Waals surface area (Å²) in [5.41, 5.74) is 1.76. The quantitative estimate of drug-likeness (QED) is 0.589. The fourth-order valence-electron chi connectivity index (χ4n) is 6.48. The van der Waals surface area contributed by atoms with E-state index in [2.05, 4.69) is 24.5 Å². The Morgan fingerprint density at radius 3 is 2.32 bits per heavy atom. The molecule has 2 aromatic rings. The maximum atomic E-state index is 13.0. The number of hydrogen-bond acceptors (Lipinski definition) is 3. The van der Waals surface area contributed by atoms with E-state index in [0.29, 0.717) is 12.1 Å². The largest absolute Gasteiger partial charge is 0.392 e. The molecule has 0 unspecified atom stereocenters. The van der Waals surface area contributed by atoms with Gasteiger partial charge in [-0.25, -0.2) is 0 Å². The molecule has 0 saturated heterocycles. The smallest absolute Gasteiger partial charge is 0.251 e. The standard InChI is InChI=1S/C29H38N2O3/c1-19(27(33)30-18-21-10-6-4-7-11-21)23-14-16-29(3)17-15-24(20(2)25(29)26(23)32)31-28(34)22-12-8-5-9-13-22/h4-13,19-20,23-26,32H,14-18H2,1-3H3,(H,30,33)(H,31,34)/t19-,20-,23-,24-,25+,26-,29+/m0/s1. The van der Waals surface area contributed by atoms with E-state index in [9.17, 15) is 14.7 Å². The summed E-state index contributed by atoms with van der Waals surface area (Å²) >= 11 is 0. The van der Waals surface area contributed by atoms with E-state index in [1.807, 2.05) is 67.6 Å². The topological polar surface area (TPSA) is 78.4 Å². The first-order valence-electron chi connectivity index (χ1n) is 12.7. The van der Waals surface area contributed by atoms with Crippen molar-refractivity contribution in [2.75, 3.05) is 0 Å². The molecule has 5 heteroatoms. The Bertz CT molecular complexity index is 979. The highest BCUT2D eigenvalue weighted by atomic mass is 16.3. The molecular formula is C29H38N2O3. The Morgan fingerprint density at radius 2 is 1.65 bits per heavy atom. The molecule has 2 aromatic carbocycles. The van der Waals surface area contributed by atoms with Gasteiger partial charge in [-0.05, 0) is 66.5 Å². The number of amides is 2. The second kappa shape index (κ2) is 10.3. The zero-order chi connectivity index (χ0) is 24.3. The number of carbonyl (C=O) groups excluding carboxylic acids is 2. The lowest BCUT2D eigenvalue weighted by Crippen LogP contribution is -2.58. The Hall–Kier alpha value is -2.66. The SMILES string of the molecule is C[C@@H]1[C@@H]2[C@@H](O)[C@H]([C@H](C)C(=O)NCc3ccccc3)CC[C@]2(C)CC[C@@H]1NC(=O)c1ccccc1. The number of benzene rings is 2. The number of nitrogens with one attached hydrogen (secondary N) is 2. The number of carbonyl (C=O) groups is 2. The molecule has 34 heavy (non-hydrogen) atoms. The van der Waals surface area contributed by atoms with Crippen LogP contribution in [0.1, 0.15) is 62.4 Å². The van der Waals surface area contributed by atoms with E-state index in [4.69, 9.17) is 0 Å². The van der Waals surface area contributed by atoms with Crippen molar-refractivity contribution in [1.29, 1.82) is 0 Å². The normalized spacial score (nSPS) is 31.7. The molecule has 2 aliphatic carbocycles. The Labute approximate surface area is 203 Å². The van der Waals surface area contributed by atoms with E-state index < -0.39 is 6.10 Å². The number of hydrogen-bond donors (Lipinski definition) is 3. The molecule has 0 bridgehead atoms. The van der Waals surface area contributed by atoms with Crippen molar-refractivity contribution in [3.05, 3.63) is 71.8 Å². The van der Waals surface area contributed by atoms with Crippen molar-refractivity contribution in [2.24, 2.45) is 29.1 Å². The summed E-state index contributed by atoms with van der Waals surface area (Å²) in [4.78, 5) is 25.8. The minimum atomic E-state index is -0.567. The van der Waals surface area contributed by atoms with Gasteiger partial charge in [0.25, 0.3) is 5.91 Å². The molecule has 2 aliphatic rings. The van der Waals surface area contributed by atoms with E-state index in [0.717, 1.165) is 31.2 Å². The second-order valence-electron chi connectivity index (χ2n) is 10.7. The first-order valence-corrected chi connectivity index (χ1v) is 12.7. The van der Waals surface area contributed by atoms with Crippen LogP contribution in [0.3, 0.4) is 0 Å². The van der Waals surface area contributed by atoms with Crippen molar-refractivity contribution < 1.29 is 14.7 Å². The van der Waals surface area contributed by atoms with Crippen molar-refractivity contribution in [1.82, 2.24) is 10.6 Å². The van der Waals surface area contributed by atoms with Crippen LogP contribution >= 0.6 is 0 Å². The molecule has 0 aromatic heterocycles. The molecule has 2 amide bonds. The van der Waals surface area contributed by atoms with Crippen LogP contribution in [0.25, 0.3) is 0 Å². The summed E-state index contributed by atoms with van der Waals surface area (Å²) in [6, 6.07) is 19.2. The van der Waals surface area contributed by atoms with Crippen molar-refractivity contribution in [3.8, 4) is 0 Å². The Morgan fingerprint density at radius 1 is 1.03 bits per heavy atom. The average Bonchev–Trinajstić information content (AvgIpc) is 2.85. The lowest BCUT2D eigenvalue weighted by atomic mass is 9.51. The lowest BCUT2D eigenvalue weighted by molar-refractivity contribution is -0.142. The molecule has 0 heterocycles. The van der Waals surface area contributed by atoms with Crippen molar-refractivity contribution in [3.63, 3.8) is 0 Å². The van der Waals surface area contributed by atoms with Gasteiger partial charge >= 0.3 is 0 Å². The predicted octanol–water partition coefficient (Wildman–Crippen LogP) is 4.56. The third-order valence-electron chi connectivity index (χ3n) is 8.61. The molecule has 0 radical (unpaired) electrons. The van der Waals surface area contributed by atoms with Gasteiger partial charge in [0.1, 0.15) is 0 Å². The van der Waals surface area contributed by atoms with Crippen LogP contribution in [0.4, 0.5) is 0 Å². The molecule has 7 atom stereocenters. The first kappa shape index (κ1) is 24.5. The van der Waals surface area contributed by atoms with Crippen LogP contribution in [0, 0.1) is 29.1 Å². The predicted molar refractivity (Wildman–Crippen MR) is 134 cm³/mol. The molecule has 4 rings (SSSR count). The number of aliphatic hydroxyl groups excluding tert-OH is 1. The van der Waals surface area contributed by atoms with Gasteiger partial charge in [-0.15, -0.1) is 0 Å². The van der Waals surface area contributed by atoms with Crippen LogP contribution in [-0.2, 0) is 11.3 Å². The summed E-state index contributed by atoms with van der Waals surface area (Å²) in [5.74, 6) is -0.241. The summed E-state index contributed by atoms with van der Waals surface area (Å²) < 4.78 is 0. The maximum Gasteiger partial charge on any atom is 0.251 e. The highest BCUT2D eigenvalue weighted by molar-refractivity contribution is 5.94. The fraction of sp³-hybridized carbons (Fsp3) is 0.517. The van der Waals surface area contributed by atoms with E-state index in [1.54, 1.807) is 0 Å². The minimum Gasteiger partial charge on any atom is -0.392 e. The van der Waals surface area contributed by atoms with Crippen LogP contribution < -0.4 is 10.6 Å². The maximum absolute atomic E-state index is 13.0. The zero-order valence-corrected chi connectivity index (χ0v) is 20.5. The van der Waals surface area contributed by atoms with Gasteiger partial charge in [0.05, 0.1) is 6.10 Å². The van der Waals surface area contributed by atoms with Gasteiger partial charge in [-0.1, -0.05) is 69.3 Å². The monoisotopic (exact) mass is 462 g/mol. The number of aliphatic hydroxyl groups is 1. The van der Waals surface area contributed by atoms with Crippen molar-refractivity contribution in [2.45, 2.75) is 65.1 Å². The Kier molecular flexibility index (Phi) is 7.42. The summed E-state index contributed by atoms with van der Waals surface area (Å²) in [6.07, 6.45) is 3.17. The molecule has 5 nitrogen and oxygen atoms in total. The molecule has 182 valence electrons. The highest BCUT2D eigenvalue weighted by Crippen LogP contribution is 2.55. The third kappa shape index (κ3) is 5.05. The minimum absolute atomic E-state index is 0.00565. The average molecular weight is 463 g/mol. The van der Waals surface area contributed by atoms with Gasteiger partial charge in [-0.2, -0.15) is 0 Å². The molecular weight excluding hydrogens is 424 g/mol. The highest BCUT2D eigenvalue weighted by Gasteiger charge is 2.53. The van der Waals surface area contributed by atoms with Crippen molar-refractivity contribution >= 4 is 11.8 Å². The molecule has 0 aliphatic heterocycles. The van der Waals surface area contributed by atoms with Crippen LogP contribution in [0.5, 0.6) is 0 Å². The second-order valence-corrected chi connectivity index (χ2v) is 10.7. The first-order chi connectivity index (χ1) is 16.3. The van der Waals surface area contributed by atoms with Gasteiger partial charge in [0.2, 0.25) is 5.91 Å². The third-order valence-corrected chi connectivity index (χ3v) is 8.61. The summed E-state index contributed by atoms with van der Waals surface area (Å²) in [7, 11) is 0. The number of fused-ring (bicyclic) bond motifs is 1. The molecule has 2 fully saturated rings. The number of rotatable bonds is 6. The van der Waals surface area contributed by atoms with E-state index in [-0.39, 0.29) is 46.9 Å². The van der Waals surface area contributed by atoms with Gasteiger partial charge in [0, 0.05) is 24.1 Å². The summed E-state index contributed by atoms with van der Waals surface area (Å²) in [6.45, 7) is 6.88. The van der Waals surface area contributed by atoms with E-state index >= 15 is 0 Å². The van der Waals surface area contributed by atoms with E-state index in [1.165, 1.54) is 0 Å². The summed E-state index contributed by atoms with van der Waals surface area (Å²) in [5, 5.41) is 17.9. The fourth-order valence-corrected chi connectivity index (χ4v) is 6.48. The zero-order valence-electron chi connectivity index (χ0n) is 20.5. The Balaban J connectivity index is 1.42. The lowest BCUT2D eigenvalue weighted by Gasteiger charge is -2.56. The van der Waals surface area contributed by atoms with Crippen LogP contribution in [0.15, 0.2) is 60.7 Å².